The molecule has 0 aliphatic carbocycles. The molecule has 1 saturated heterocycles. The quantitative estimate of drug-likeness (QED) is 0.723. The van der Waals surface area contributed by atoms with Crippen LogP contribution in [0.2, 0.25) is 0 Å². The summed E-state index contributed by atoms with van der Waals surface area (Å²) < 4.78 is 12.8. The highest BCUT2D eigenvalue weighted by molar-refractivity contribution is 5.60. The highest BCUT2D eigenvalue weighted by Gasteiger charge is 2.25. The summed E-state index contributed by atoms with van der Waals surface area (Å²) in [7, 11) is 0. The average Bonchev–Trinajstić information content (AvgIpc) is 3.15. The van der Waals surface area contributed by atoms with Crippen molar-refractivity contribution in [3.63, 3.8) is 0 Å². The van der Waals surface area contributed by atoms with Crippen molar-refractivity contribution in [1.82, 2.24) is 19.5 Å². The standard InChI is InChI=1S/C15H16N4O2/c1-9-3-5-19-12(7-9)16-10(2)13(19)15-17-14(18-21-15)11-4-6-20-8-11/h3,5,7,11H,4,6,8H2,1-2H3/t11-/m1/s1. The number of aromatic nitrogens is 4. The lowest BCUT2D eigenvalue weighted by atomic mass is 10.1. The first-order valence-electron chi connectivity index (χ1n) is 7.09. The molecule has 4 rings (SSSR count). The molecule has 0 N–H and O–H groups in total. The first-order chi connectivity index (χ1) is 10.2. The number of fused-ring (bicyclic) bond motifs is 1. The Balaban J connectivity index is 1.81. The number of aryl methyl sites for hydroxylation is 2. The summed E-state index contributed by atoms with van der Waals surface area (Å²) in [6, 6.07) is 4.08. The van der Waals surface area contributed by atoms with Crippen LogP contribution in [0.25, 0.3) is 17.2 Å². The Morgan fingerprint density at radius 3 is 3.00 bits per heavy atom. The van der Waals surface area contributed by atoms with Crippen LogP contribution >= 0.6 is 0 Å². The van der Waals surface area contributed by atoms with E-state index in [1.165, 1.54) is 5.56 Å². The molecular weight excluding hydrogens is 268 g/mol. The summed E-state index contributed by atoms with van der Waals surface area (Å²) in [4.78, 5) is 9.12. The van der Waals surface area contributed by atoms with Crippen molar-refractivity contribution in [2.75, 3.05) is 13.2 Å². The van der Waals surface area contributed by atoms with Crippen LogP contribution in [0.1, 0.15) is 29.4 Å². The third-order valence-corrected chi connectivity index (χ3v) is 3.90. The van der Waals surface area contributed by atoms with Crippen molar-refractivity contribution in [2.24, 2.45) is 0 Å². The maximum Gasteiger partial charge on any atom is 0.276 e. The van der Waals surface area contributed by atoms with E-state index in [2.05, 4.69) is 22.0 Å². The number of nitrogens with zero attached hydrogens (tertiary/aromatic N) is 4. The van der Waals surface area contributed by atoms with Gasteiger partial charge in [0.05, 0.1) is 12.3 Å². The van der Waals surface area contributed by atoms with Crippen molar-refractivity contribution >= 4 is 5.65 Å². The Labute approximate surface area is 121 Å². The Morgan fingerprint density at radius 2 is 2.19 bits per heavy atom. The second-order valence-corrected chi connectivity index (χ2v) is 5.50. The van der Waals surface area contributed by atoms with Gasteiger partial charge in [0.25, 0.3) is 5.89 Å². The van der Waals surface area contributed by atoms with Gasteiger partial charge in [0, 0.05) is 18.7 Å². The van der Waals surface area contributed by atoms with Crippen molar-refractivity contribution in [3.8, 4) is 11.6 Å². The number of hydrogen-bond acceptors (Lipinski definition) is 5. The molecule has 0 aromatic carbocycles. The lowest BCUT2D eigenvalue weighted by molar-refractivity contribution is 0.192. The van der Waals surface area contributed by atoms with Gasteiger partial charge in [-0.25, -0.2) is 4.98 Å². The first kappa shape index (κ1) is 12.5. The Kier molecular flexibility index (Phi) is 2.78. The predicted molar refractivity (Wildman–Crippen MR) is 76.1 cm³/mol. The molecule has 6 heteroatoms. The molecule has 0 amide bonds. The molecule has 21 heavy (non-hydrogen) atoms. The molecule has 0 spiro atoms. The van der Waals surface area contributed by atoms with Crippen LogP contribution in [-0.2, 0) is 4.74 Å². The average molecular weight is 284 g/mol. The van der Waals surface area contributed by atoms with Crippen molar-refractivity contribution in [3.05, 3.63) is 35.4 Å². The lowest BCUT2D eigenvalue weighted by Crippen LogP contribution is -1.99. The van der Waals surface area contributed by atoms with E-state index in [9.17, 15) is 0 Å². The fraction of sp³-hybridized carbons (Fsp3) is 0.400. The summed E-state index contributed by atoms with van der Waals surface area (Å²) in [5, 5.41) is 4.11. The summed E-state index contributed by atoms with van der Waals surface area (Å²) in [5.41, 5.74) is 3.82. The van der Waals surface area contributed by atoms with E-state index in [0.29, 0.717) is 12.5 Å². The van der Waals surface area contributed by atoms with Gasteiger partial charge < -0.3 is 9.26 Å². The van der Waals surface area contributed by atoms with Crippen LogP contribution < -0.4 is 0 Å². The molecule has 6 nitrogen and oxygen atoms in total. The van der Waals surface area contributed by atoms with Gasteiger partial charge in [-0.2, -0.15) is 4.98 Å². The predicted octanol–water partition coefficient (Wildman–Crippen LogP) is 2.51. The van der Waals surface area contributed by atoms with Gasteiger partial charge in [0.15, 0.2) is 5.82 Å². The molecule has 0 bridgehead atoms. The Morgan fingerprint density at radius 1 is 1.29 bits per heavy atom. The maximum absolute atomic E-state index is 5.46. The third-order valence-electron chi connectivity index (χ3n) is 3.90. The van der Waals surface area contributed by atoms with E-state index in [0.717, 1.165) is 35.9 Å². The van der Waals surface area contributed by atoms with Crippen molar-refractivity contribution in [1.29, 1.82) is 0 Å². The van der Waals surface area contributed by atoms with Gasteiger partial charge in [-0.15, -0.1) is 0 Å². The first-order valence-corrected chi connectivity index (χ1v) is 7.09. The van der Waals surface area contributed by atoms with Gasteiger partial charge >= 0.3 is 0 Å². The number of pyridine rings is 1. The molecule has 108 valence electrons. The van der Waals surface area contributed by atoms with E-state index in [1.807, 2.05) is 29.7 Å². The van der Waals surface area contributed by atoms with Crippen LogP contribution in [0.15, 0.2) is 22.9 Å². The smallest absolute Gasteiger partial charge is 0.276 e. The van der Waals surface area contributed by atoms with Crippen LogP contribution in [0.3, 0.4) is 0 Å². The molecule has 3 aromatic rings. The lowest BCUT2D eigenvalue weighted by Gasteiger charge is -1.99. The summed E-state index contributed by atoms with van der Waals surface area (Å²) >= 11 is 0. The van der Waals surface area contributed by atoms with E-state index < -0.39 is 0 Å². The van der Waals surface area contributed by atoms with Gasteiger partial charge in [-0.1, -0.05) is 5.16 Å². The zero-order valence-corrected chi connectivity index (χ0v) is 12.0. The molecule has 1 aliphatic rings. The van der Waals surface area contributed by atoms with E-state index in [-0.39, 0.29) is 5.92 Å². The third kappa shape index (κ3) is 2.03. The van der Waals surface area contributed by atoms with Crippen LogP contribution in [0, 0.1) is 13.8 Å². The van der Waals surface area contributed by atoms with Crippen LogP contribution in [0.5, 0.6) is 0 Å². The van der Waals surface area contributed by atoms with Gasteiger partial charge in [-0.05, 0) is 38.0 Å². The molecule has 1 atom stereocenters. The molecule has 0 radical (unpaired) electrons. The fourth-order valence-corrected chi connectivity index (χ4v) is 2.76. The SMILES string of the molecule is Cc1ccn2c(-c3nc([C@@H]4CCOC4)no3)c(C)nc2c1. The minimum atomic E-state index is 0.240. The monoisotopic (exact) mass is 284 g/mol. The Bertz CT molecular complexity index is 799. The molecule has 0 saturated carbocycles. The summed E-state index contributed by atoms with van der Waals surface area (Å²) in [6.45, 7) is 5.45. The maximum atomic E-state index is 5.46. The molecule has 3 aromatic heterocycles. The van der Waals surface area contributed by atoms with Gasteiger partial charge in [0.2, 0.25) is 0 Å². The second-order valence-electron chi connectivity index (χ2n) is 5.50. The van der Waals surface area contributed by atoms with E-state index in [4.69, 9.17) is 9.26 Å². The van der Waals surface area contributed by atoms with E-state index in [1.54, 1.807) is 0 Å². The molecule has 1 aliphatic heterocycles. The normalized spacial score (nSPS) is 18.7. The molecular formula is C15H16N4O2. The van der Waals surface area contributed by atoms with Crippen LogP contribution in [0.4, 0.5) is 0 Å². The van der Waals surface area contributed by atoms with Gasteiger partial charge in [-0.3, -0.25) is 4.40 Å². The molecule has 1 fully saturated rings. The fourth-order valence-electron chi connectivity index (χ4n) is 2.76. The highest BCUT2D eigenvalue weighted by Crippen LogP contribution is 2.28. The summed E-state index contributed by atoms with van der Waals surface area (Å²) in [5.74, 6) is 1.49. The molecule has 4 heterocycles. The number of imidazole rings is 1. The summed E-state index contributed by atoms with van der Waals surface area (Å²) in [6.07, 6.45) is 2.94. The number of hydrogen-bond donors (Lipinski definition) is 0. The van der Waals surface area contributed by atoms with Gasteiger partial charge in [0.1, 0.15) is 11.3 Å². The highest BCUT2D eigenvalue weighted by atomic mass is 16.5. The topological polar surface area (TPSA) is 65.5 Å². The molecule has 0 unspecified atom stereocenters. The minimum absolute atomic E-state index is 0.240. The van der Waals surface area contributed by atoms with Crippen molar-refractivity contribution in [2.45, 2.75) is 26.2 Å². The zero-order chi connectivity index (χ0) is 14.4. The van der Waals surface area contributed by atoms with Crippen LogP contribution in [-0.4, -0.2) is 32.7 Å². The zero-order valence-electron chi connectivity index (χ0n) is 12.0. The Hall–Kier alpha value is -2.21. The van der Waals surface area contributed by atoms with Crippen molar-refractivity contribution < 1.29 is 9.26 Å². The number of ether oxygens (including phenoxy) is 1. The minimum Gasteiger partial charge on any atom is -0.381 e. The largest absolute Gasteiger partial charge is 0.381 e. The number of rotatable bonds is 2. The second kappa shape index (κ2) is 4.66. The van der Waals surface area contributed by atoms with E-state index >= 15 is 0 Å².